The minimum absolute atomic E-state index is 0.240. The van der Waals surface area contributed by atoms with Crippen molar-refractivity contribution in [1.82, 2.24) is 14.5 Å². The quantitative estimate of drug-likeness (QED) is 0.728. The van der Waals surface area contributed by atoms with Crippen molar-refractivity contribution in [2.75, 3.05) is 5.73 Å². The molecule has 5 heteroatoms. The number of halogens is 1. The fourth-order valence-electron chi connectivity index (χ4n) is 2.09. The van der Waals surface area contributed by atoms with E-state index in [0.29, 0.717) is 17.2 Å². The minimum atomic E-state index is -0.240. The summed E-state index contributed by atoms with van der Waals surface area (Å²) < 4.78 is 15.1. The molecule has 2 heterocycles. The third-order valence-electron chi connectivity index (χ3n) is 3.07. The average Bonchev–Trinajstić information content (AvgIpc) is 2.68. The Morgan fingerprint density at radius 2 is 1.89 bits per heavy atom. The van der Waals surface area contributed by atoms with E-state index in [0.717, 1.165) is 16.9 Å². The van der Waals surface area contributed by atoms with Crippen LogP contribution in [0.15, 0.2) is 30.3 Å². The normalized spacial score (nSPS) is 11.1. The molecular weight excluding hydrogens is 243 g/mol. The second-order valence-electron chi connectivity index (χ2n) is 4.53. The number of rotatable bonds is 1. The maximum Gasteiger partial charge on any atom is 0.207 e. The molecule has 0 aliphatic carbocycles. The molecule has 0 saturated carbocycles. The number of nitrogen functional groups attached to an aromatic ring is 1. The Hall–Kier alpha value is -2.43. The number of aromatic nitrogens is 3. The highest BCUT2D eigenvalue weighted by Crippen LogP contribution is 2.23. The molecule has 0 atom stereocenters. The monoisotopic (exact) mass is 256 g/mol. The predicted molar refractivity (Wildman–Crippen MR) is 72.7 cm³/mol. The van der Waals surface area contributed by atoms with Crippen molar-refractivity contribution in [3.8, 4) is 5.69 Å². The number of aryl methyl sites for hydroxylation is 2. The molecule has 2 N–H and O–H groups in total. The Bertz CT molecular complexity index is 776. The molecule has 0 unspecified atom stereocenters. The third kappa shape index (κ3) is 1.83. The van der Waals surface area contributed by atoms with Crippen LogP contribution in [0.5, 0.6) is 0 Å². The molecule has 0 aliphatic heterocycles. The first-order valence-corrected chi connectivity index (χ1v) is 5.94. The molecule has 3 aromatic rings. The molecule has 0 radical (unpaired) electrons. The van der Waals surface area contributed by atoms with E-state index >= 15 is 0 Å². The van der Waals surface area contributed by atoms with Crippen LogP contribution in [0, 0.1) is 19.7 Å². The molecule has 2 aromatic heterocycles. The molecule has 3 rings (SSSR count). The molecule has 96 valence electrons. The van der Waals surface area contributed by atoms with Crippen molar-refractivity contribution >= 4 is 17.1 Å². The summed E-state index contributed by atoms with van der Waals surface area (Å²) in [7, 11) is 0. The number of imidazole rings is 1. The van der Waals surface area contributed by atoms with E-state index in [1.165, 1.54) is 6.07 Å². The first kappa shape index (κ1) is 11.6. The van der Waals surface area contributed by atoms with Gasteiger partial charge in [-0.05, 0) is 49.7 Å². The van der Waals surface area contributed by atoms with Gasteiger partial charge in [0, 0.05) is 5.69 Å². The Balaban J connectivity index is 2.31. The molecule has 0 aliphatic rings. The van der Waals surface area contributed by atoms with Crippen LogP contribution >= 0.6 is 0 Å². The number of hydrogen-bond acceptors (Lipinski definition) is 3. The predicted octanol–water partition coefficient (Wildman–Crippen LogP) is 2.76. The minimum Gasteiger partial charge on any atom is -0.369 e. The fourth-order valence-corrected chi connectivity index (χ4v) is 2.09. The van der Waals surface area contributed by atoms with Gasteiger partial charge in [-0.2, -0.15) is 0 Å². The van der Waals surface area contributed by atoms with E-state index in [2.05, 4.69) is 9.97 Å². The molecule has 0 amide bonds. The highest BCUT2D eigenvalue weighted by Gasteiger charge is 2.12. The van der Waals surface area contributed by atoms with Gasteiger partial charge in [-0.25, -0.2) is 14.4 Å². The van der Waals surface area contributed by atoms with Gasteiger partial charge >= 0.3 is 0 Å². The number of nitrogens with zero attached hydrogens (tertiary/aromatic N) is 3. The number of fused-ring (bicyclic) bond motifs is 1. The summed E-state index contributed by atoms with van der Waals surface area (Å²) in [5, 5.41) is 0. The van der Waals surface area contributed by atoms with E-state index in [1.807, 2.05) is 19.1 Å². The number of anilines is 1. The molecule has 4 nitrogen and oxygen atoms in total. The van der Waals surface area contributed by atoms with Crippen LogP contribution in [-0.2, 0) is 0 Å². The summed E-state index contributed by atoms with van der Waals surface area (Å²) in [5.41, 5.74) is 9.56. The summed E-state index contributed by atoms with van der Waals surface area (Å²) in [6.45, 7) is 3.62. The zero-order chi connectivity index (χ0) is 13.6. The van der Waals surface area contributed by atoms with Crippen molar-refractivity contribution in [3.05, 3.63) is 47.4 Å². The molecule has 0 saturated heterocycles. The smallest absolute Gasteiger partial charge is 0.207 e. The van der Waals surface area contributed by atoms with Crippen LogP contribution in [0.2, 0.25) is 0 Å². The van der Waals surface area contributed by atoms with Gasteiger partial charge < -0.3 is 5.73 Å². The summed E-state index contributed by atoms with van der Waals surface area (Å²) in [6, 6.07) is 8.59. The Labute approximate surface area is 109 Å². The fraction of sp³-hybridized carbons (Fsp3) is 0.143. The SMILES string of the molecule is Cc1ccc2nc(N)n(-c3ccc(F)c(C)c3)c2n1. The first-order chi connectivity index (χ1) is 9.06. The third-order valence-corrected chi connectivity index (χ3v) is 3.07. The summed E-state index contributed by atoms with van der Waals surface area (Å²) in [6.07, 6.45) is 0. The lowest BCUT2D eigenvalue weighted by Gasteiger charge is -2.07. The summed E-state index contributed by atoms with van der Waals surface area (Å²) in [5.74, 6) is 0.106. The van der Waals surface area contributed by atoms with Gasteiger partial charge in [0.1, 0.15) is 11.3 Å². The molecule has 0 fully saturated rings. The van der Waals surface area contributed by atoms with Crippen LogP contribution in [0.4, 0.5) is 10.3 Å². The number of nitrogens with two attached hydrogens (primary N) is 1. The second-order valence-corrected chi connectivity index (χ2v) is 4.53. The molecule has 0 spiro atoms. The van der Waals surface area contributed by atoms with Gasteiger partial charge in [-0.3, -0.25) is 4.57 Å². The Morgan fingerprint density at radius 3 is 2.63 bits per heavy atom. The van der Waals surface area contributed by atoms with Crippen LogP contribution in [-0.4, -0.2) is 14.5 Å². The van der Waals surface area contributed by atoms with Gasteiger partial charge in [0.15, 0.2) is 5.65 Å². The van der Waals surface area contributed by atoms with Crippen LogP contribution in [0.25, 0.3) is 16.9 Å². The number of pyridine rings is 1. The van der Waals surface area contributed by atoms with E-state index in [-0.39, 0.29) is 5.82 Å². The van der Waals surface area contributed by atoms with E-state index in [4.69, 9.17) is 5.73 Å². The zero-order valence-electron chi connectivity index (χ0n) is 10.7. The Morgan fingerprint density at radius 1 is 1.11 bits per heavy atom. The van der Waals surface area contributed by atoms with Crippen molar-refractivity contribution < 1.29 is 4.39 Å². The highest BCUT2D eigenvalue weighted by molar-refractivity contribution is 5.77. The lowest BCUT2D eigenvalue weighted by atomic mass is 10.2. The van der Waals surface area contributed by atoms with Gasteiger partial charge in [0.2, 0.25) is 5.95 Å². The molecule has 0 bridgehead atoms. The lowest BCUT2D eigenvalue weighted by Crippen LogP contribution is -2.02. The Kier molecular flexibility index (Phi) is 2.48. The van der Waals surface area contributed by atoms with Crippen LogP contribution < -0.4 is 5.73 Å². The topological polar surface area (TPSA) is 56.7 Å². The molecule has 1 aromatic carbocycles. The molecular formula is C14H13FN4. The standard InChI is InChI=1S/C14H13FN4/c1-8-7-10(4-5-11(8)15)19-13-12(18-14(19)16)6-3-9(2)17-13/h3-7H,1-2H3,(H2,16,18). The van der Waals surface area contributed by atoms with Gasteiger partial charge in [0.05, 0.1) is 5.69 Å². The van der Waals surface area contributed by atoms with Crippen molar-refractivity contribution in [2.24, 2.45) is 0 Å². The van der Waals surface area contributed by atoms with Crippen molar-refractivity contribution in [1.29, 1.82) is 0 Å². The highest BCUT2D eigenvalue weighted by atomic mass is 19.1. The largest absolute Gasteiger partial charge is 0.369 e. The van der Waals surface area contributed by atoms with Crippen molar-refractivity contribution in [2.45, 2.75) is 13.8 Å². The number of hydrogen-bond donors (Lipinski definition) is 1. The number of benzene rings is 1. The summed E-state index contributed by atoms with van der Waals surface area (Å²) >= 11 is 0. The maximum absolute atomic E-state index is 13.3. The maximum atomic E-state index is 13.3. The van der Waals surface area contributed by atoms with E-state index in [1.54, 1.807) is 23.6 Å². The summed E-state index contributed by atoms with van der Waals surface area (Å²) in [4.78, 5) is 8.72. The molecule has 19 heavy (non-hydrogen) atoms. The van der Waals surface area contributed by atoms with Crippen molar-refractivity contribution in [3.63, 3.8) is 0 Å². The van der Waals surface area contributed by atoms with Gasteiger partial charge in [-0.15, -0.1) is 0 Å². The lowest BCUT2D eigenvalue weighted by molar-refractivity contribution is 0.618. The second kappa shape index (κ2) is 4.05. The average molecular weight is 256 g/mol. The van der Waals surface area contributed by atoms with E-state index < -0.39 is 0 Å². The van der Waals surface area contributed by atoms with Gasteiger partial charge in [0.25, 0.3) is 0 Å². The van der Waals surface area contributed by atoms with Crippen LogP contribution in [0.1, 0.15) is 11.3 Å². The van der Waals surface area contributed by atoms with E-state index in [9.17, 15) is 4.39 Å². The van der Waals surface area contributed by atoms with Crippen LogP contribution in [0.3, 0.4) is 0 Å². The zero-order valence-corrected chi connectivity index (χ0v) is 10.7. The van der Waals surface area contributed by atoms with Gasteiger partial charge in [-0.1, -0.05) is 0 Å². The first-order valence-electron chi connectivity index (χ1n) is 5.94.